The highest BCUT2D eigenvalue weighted by molar-refractivity contribution is 6.30. The van der Waals surface area contributed by atoms with Crippen molar-refractivity contribution in [2.75, 3.05) is 13.1 Å². The van der Waals surface area contributed by atoms with Crippen molar-refractivity contribution < 1.29 is 0 Å². The number of halogens is 1. The van der Waals surface area contributed by atoms with E-state index < -0.39 is 0 Å². The van der Waals surface area contributed by atoms with Crippen LogP contribution in [0.25, 0.3) is 0 Å². The molecule has 98 valence electrons. The van der Waals surface area contributed by atoms with Crippen LogP contribution in [0.4, 0.5) is 0 Å². The van der Waals surface area contributed by atoms with Gasteiger partial charge in [0.25, 0.3) is 0 Å². The van der Waals surface area contributed by atoms with Gasteiger partial charge in [-0.1, -0.05) is 53.6 Å². The van der Waals surface area contributed by atoms with Crippen molar-refractivity contribution in [2.45, 2.75) is 18.8 Å². The van der Waals surface area contributed by atoms with E-state index in [1.165, 1.54) is 16.7 Å². The highest BCUT2D eigenvalue weighted by atomic mass is 35.5. The lowest BCUT2D eigenvalue weighted by atomic mass is 9.71. The second-order valence-electron chi connectivity index (χ2n) is 5.55. The van der Waals surface area contributed by atoms with E-state index in [0.717, 1.165) is 24.5 Å². The zero-order valence-corrected chi connectivity index (χ0v) is 11.9. The smallest absolute Gasteiger partial charge is 0.0406 e. The predicted molar refractivity (Wildman–Crippen MR) is 80.9 cm³/mol. The van der Waals surface area contributed by atoms with Crippen molar-refractivity contribution in [3.05, 3.63) is 70.2 Å². The van der Waals surface area contributed by atoms with Crippen molar-refractivity contribution in [3.8, 4) is 0 Å². The molecule has 2 aromatic rings. The van der Waals surface area contributed by atoms with Crippen LogP contribution in [-0.2, 0) is 11.8 Å². The molecule has 1 aliphatic rings. The second kappa shape index (κ2) is 4.99. The van der Waals surface area contributed by atoms with Crippen molar-refractivity contribution in [1.82, 2.24) is 5.32 Å². The Bertz CT molecular complexity index is 553. The van der Waals surface area contributed by atoms with E-state index >= 15 is 0 Å². The van der Waals surface area contributed by atoms with E-state index in [0.29, 0.717) is 0 Å². The molecule has 2 aromatic carbocycles. The van der Waals surface area contributed by atoms with E-state index in [2.05, 4.69) is 48.6 Å². The molecule has 0 unspecified atom stereocenters. The topological polar surface area (TPSA) is 12.0 Å². The van der Waals surface area contributed by atoms with Gasteiger partial charge in [-0.2, -0.15) is 0 Å². The molecule has 0 aromatic heterocycles. The summed E-state index contributed by atoms with van der Waals surface area (Å²) in [6.45, 7) is 4.22. The maximum atomic E-state index is 5.98. The van der Waals surface area contributed by atoms with Crippen molar-refractivity contribution >= 4 is 11.6 Å². The molecule has 0 bridgehead atoms. The summed E-state index contributed by atoms with van der Waals surface area (Å²) in [6.07, 6.45) is 1.09. The first-order valence-corrected chi connectivity index (χ1v) is 7.08. The van der Waals surface area contributed by atoms with Gasteiger partial charge < -0.3 is 5.32 Å². The molecule has 0 aliphatic carbocycles. The Morgan fingerprint density at radius 3 is 2.16 bits per heavy atom. The van der Waals surface area contributed by atoms with Crippen molar-refractivity contribution in [3.63, 3.8) is 0 Å². The molecule has 2 heteroatoms. The highest BCUT2D eigenvalue weighted by Crippen LogP contribution is 2.33. The summed E-state index contributed by atoms with van der Waals surface area (Å²) in [7, 11) is 0. The average Bonchev–Trinajstić information content (AvgIpc) is 2.37. The zero-order valence-electron chi connectivity index (χ0n) is 11.1. The number of hydrogen-bond donors (Lipinski definition) is 1. The molecule has 19 heavy (non-hydrogen) atoms. The van der Waals surface area contributed by atoms with Gasteiger partial charge in [-0.05, 0) is 36.6 Å². The van der Waals surface area contributed by atoms with Gasteiger partial charge in [-0.15, -0.1) is 0 Å². The average molecular weight is 272 g/mol. The molecule has 1 aliphatic heterocycles. The van der Waals surface area contributed by atoms with Crippen LogP contribution in [0.5, 0.6) is 0 Å². The first-order valence-electron chi connectivity index (χ1n) is 6.70. The molecule has 3 rings (SSSR count). The van der Waals surface area contributed by atoms with Crippen LogP contribution in [0, 0.1) is 6.92 Å². The number of hydrogen-bond acceptors (Lipinski definition) is 1. The molecule has 1 heterocycles. The summed E-state index contributed by atoms with van der Waals surface area (Å²) < 4.78 is 0. The molecular weight excluding hydrogens is 254 g/mol. The van der Waals surface area contributed by atoms with Gasteiger partial charge in [0, 0.05) is 23.5 Å². The summed E-state index contributed by atoms with van der Waals surface area (Å²) in [6, 6.07) is 17.2. The van der Waals surface area contributed by atoms with Gasteiger partial charge >= 0.3 is 0 Å². The third kappa shape index (κ3) is 2.54. The fourth-order valence-corrected chi connectivity index (χ4v) is 2.88. The summed E-state index contributed by atoms with van der Waals surface area (Å²) in [4.78, 5) is 0. The Kier molecular flexibility index (Phi) is 3.34. The summed E-state index contributed by atoms with van der Waals surface area (Å²) in [5, 5.41) is 4.22. The largest absolute Gasteiger partial charge is 0.315 e. The fraction of sp³-hybridized carbons (Fsp3) is 0.294. The Morgan fingerprint density at radius 2 is 1.63 bits per heavy atom. The van der Waals surface area contributed by atoms with Gasteiger partial charge in [-0.3, -0.25) is 0 Å². The Hall–Kier alpha value is -1.31. The standard InChI is InChI=1S/C17H18ClN/c1-13-2-4-14(5-3-13)10-17(11-19-12-17)15-6-8-16(18)9-7-15/h2-9,19H,10-12H2,1H3. The van der Waals surface area contributed by atoms with Crippen molar-refractivity contribution in [1.29, 1.82) is 0 Å². The number of nitrogens with one attached hydrogen (secondary N) is 1. The third-order valence-electron chi connectivity index (χ3n) is 4.05. The highest BCUT2D eigenvalue weighted by Gasteiger charge is 2.38. The molecule has 0 amide bonds. The minimum atomic E-state index is 0.236. The number of aryl methyl sites for hydroxylation is 1. The first-order chi connectivity index (χ1) is 9.18. The molecule has 0 radical (unpaired) electrons. The lowest BCUT2D eigenvalue weighted by Gasteiger charge is -2.43. The van der Waals surface area contributed by atoms with Crippen LogP contribution in [0.2, 0.25) is 5.02 Å². The number of benzene rings is 2. The lowest BCUT2D eigenvalue weighted by Crippen LogP contribution is -2.58. The van der Waals surface area contributed by atoms with Crippen LogP contribution in [-0.4, -0.2) is 13.1 Å². The molecule has 0 spiro atoms. The predicted octanol–water partition coefficient (Wildman–Crippen LogP) is 3.73. The van der Waals surface area contributed by atoms with Crippen LogP contribution >= 0.6 is 11.6 Å². The summed E-state index contributed by atoms with van der Waals surface area (Å²) in [5.41, 5.74) is 4.34. The summed E-state index contributed by atoms with van der Waals surface area (Å²) >= 11 is 5.98. The molecule has 0 saturated carbocycles. The van der Waals surface area contributed by atoms with E-state index in [9.17, 15) is 0 Å². The molecule has 1 nitrogen and oxygen atoms in total. The number of rotatable bonds is 3. The monoisotopic (exact) mass is 271 g/mol. The minimum absolute atomic E-state index is 0.236. The van der Waals surface area contributed by atoms with Gasteiger partial charge in [0.2, 0.25) is 0 Å². The van der Waals surface area contributed by atoms with E-state index in [4.69, 9.17) is 11.6 Å². The Morgan fingerprint density at radius 1 is 1.00 bits per heavy atom. The minimum Gasteiger partial charge on any atom is -0.315 e. The van der Waals surface area contributed by atoms with E-state index in [1.54, 1.807) is 0 Å². The molecule has 1 fully saturated rings. The lowest BCUT2D eigenvalue weighted by molar-refractivity contribution is 0.275. The SMILES string of the molecule is Cc1ccc(CC2(c3ccc(Cl)cc3)CNC2)cc1. The second-order valence-corrected chi connectivity index (χ2v) is 5.99. The zero-order chi connectivity index (χ0) is 13.3. The van der Waals surface area contributed by atoms with Gasteiger partial charge in [0.1, 0.15) is 0 Å². The normalized spacial score (nSPS) is 16.9. The van der Waals surface area contributed by atoms with Crippen LogP contribution in [0.3, 0.4) is 0 Å². The van der Waals surface area contributed by atoms with E-state index in [-0.39, 0.29) is 5.41 Å². The Balaban J connectivity index is 1.87. The Labute approximate surface area is 119 Å². The van der Waals surface area contributed by atoms with E-state index in [1.807, 2.05) is 12.1 Å². The van der Waals surface area contributed by atoms with Gasteiger partial charge in [0.05, 0.1) is 0 Å². The maximum Gasteiger partial charge on any atom is 0.0406 e. The first kappa shape index (κ1) is 12.7. The van der Waals surface area contributed by atoms with Crippen LogP contribution < -0.4 is 5.32 Å². The third-order valence-corrected chi connectivity index (χ3v) is 4.30. The van der Waals surface area contributed by atoms with Gasteiger partial charge in [0.15, 0.2) is 0 Å². The van der Waals surface area contributed by atoms with Crippen LogP contribution in [0.15, 0.2) is 48.5 Å². The summed E-state index contributed by atoms with van der Waals surface area (Å²) in [5.74, 6) is 0. The molecular formula is C17H18ClN. The quantitative estimate of drug-likeness (QED) is 0.897. The van der Waals surface area contributed by atoms with Crippen LogP contribution in [0.1, 0.15) is 16.7 Å². The maximum absolute atomic E-state index is 5.98. The fourth-order valence-electron chi connectivity index (χ4n) is 2.76. The van der Waals surface area contributed by atoms with Gasteiger partial charge in [-0.25, -0.2) is 0 Å². The van der Waals surface area contributed by atoms with Crippen molar-refractivity contribution in [2.24, 2.45) is 0 Å². The molecule has 0 atom stereocenters. The molecule has 1 saturated heterocycles. The molecule has 1 N–H and O–H groups in total.